The van der Waals surface area contributed by atoms with E-state index in [1.807, 2.05) is 32.0 Å². The fourth-order valence-electron chi connectivity index (χ4n) is 3.29. The number of hydrogen-bond acceptors (Lipinski definition) is 8. The molecule has 0 unspecified atom stereocenters. The Bertz CT molecular complexity index is 1010. The molecule has 2 N–H and O–H groups in total. The first-order valence-electron chi connectivity index (χ1n) is 10.2. The van der Waals surface area contributed by atoms with E-state index in [2.05, 4.69) is 29.0 Å². The molecule has 166 valence electrons. The fraction of sp³-hybridized carbons (Fsp3) is 0.435. The van der Waals surface area contributed by atoms with Crippen LogP contribution in [0.2, 0.25) is 0 Å². The van der Waals surface area contributed by atoms with Gasteiger partial charge in [0.25, 0.3) is 5.89 Å². The van der Waals surface area contributed by atoms with Crippen LogP contribution in [0.4, 0.5) is 0 Å². The van der Waals surface area contributed by atoms with Gasteiger partial charge in [0.15, 0.2) is 0 Å². The predicted octanol–water partition coefficient (Wildman–Crippen LogP) is 3.35. The van der Waals surface area contributed by atoms with Gasteiger partial charge in [0, 0.05) is 23.4 Å². The maximum absolute atomic E-state index is 9.53. The van der Waals surface area contributed by atoms with E-state index >= 15 is 0 Å². The number of hydrogen-bond donors (Lipinski definition) is 2. The summed E-state index contributed by atoms with van der Waals surface area (Å²) in [5.41, 5.74) is 3.95. The van der Waals surface area contributed by atoms with Gasteiger partial charge in [-0.25, -0.2) is 4.98 Å². The highest BCUT2D eigenvalue weighted by atomic mass is 16.5. The summed E-state index contributed by atoms with van der Waals surface area (Å²) in [5, 5.41) is 26.9. The van der Waals surface area contributed by atoms with Crippen LogP contribution in [0.15, 0.2) is 28.7 Å². The summed E-state index contributed by atoms with van der Waals surface area (Å²) in [6.45, 7) is 7.73. The van der Waals surface area contributed by atoms with Crippen LogP contribution < -0.4 is 9.47 Å². The van der Waals surface area contributed by atoms with Crippen LogP contribution in [0.5, 0.6) is 11.5 Å². The van der Waals surface area contributed by atoms with Crippen molar-refractivity contribution in [2.24, 2.45) is 5.92 Å². The van der Waals surface area contributed by atoms with Crippen molar-refractivity contribution in [2.45, 2.75) is 40.2 Å². The van der Waals surface area contributed by atoms with Crippen molar-refractivity contribution < 1.29 is 24.1 Å². The quantitative estimate of drug-likeness (QED) is 0.535. The van der Waals surface area contributed by atoms with Crippen LogP contribution in [-0.4, -0.2) is 51.8 Å². The number of nitrogens with zero attached hydrogens (tertiary/aromatic N) is 3. The van der Waals surface area contributed by atoms with Crippen molar-refractivity contribution >= 4 is 0 Å². The average molecular weight is 428 g/mol. The lowest BCUT2D eigenvalue weighted by atomic mass is 10.1. The minimum atomic E-state index is -0.923. The third-order valence-corrected chi connectivity index (χ3v) is 4.69. The molecule has 0 radical (unpaired) electrons. The van der Waals surface area contributed by atoms with E-state index in [0.29, 0.717) is 34.9 Å². The van der Waals surface area contributed by atoms with Crippen LogP contribution in [-0.2, 0) is 6.42 Å². The molecule has 31 heavy (non-hydrogen) atoms. The van der Waals surface area contributed by atoms with Gasteiger partial charge in [-0.05, 0) is 49.4 Å². The molecule has 0 aliphatic heterocycles. The molecule has 2 heterocycles. The van der Waals surface area contributed by atoms with Crippen LogP contribution in [0.25, 0.3) is 23.0 Å². The molecule has 0 saturated carbocycles. The molecular weight excluding hydrogens is 398 g/mol. The Morgan fingerprint density at radius 2 is 1.71 bits per heavy atom. The molecule has 1 atom stereocenters. The fourth-order valence-corrected chi connectivity index (χ4v) is 3.29. The highest BCUT2D eigenvalue weighted by molar-refractivity contribution is 5.61. The number of methoxy groups -OCH3 is 1. The molecule has 0 saturated heterocycles. The lowest BCUT2D eigenvalue weighted by Gasteiger charge is -2.15. The number of aromatic nitrogens is 3. The first kappa shape index (κ1) is 22.7. The molecule has 0 aliphatic carbocycles. The number of aliphatic hydroxyl groups excluding tert-OH is 2. The van der Waals surface area contributed by atoms with Gasteiger partial charge in [-0.3, -0.25) is 0 Å². The summed E-state index contributed by atoms with van der Waals surface area (Å²) >= 11 is 0. The van der Waals surface area contributed by atoms with Gasteiger partial charge in [0.05, 0.1) is 13.7 Å². The maximum atomic E-state index is 9.53. The number of rotatable bonds is 9. The molecule has 2 aromatic heterocycles. The Morgan fingerprint density at radius 1 is 1.03 bits per heavy atom. The molecule has 0 aliphatic rings. The van der Waals surface area contributed by atoms with E-state index in [0.717, 1.165) is 28.8 Å². The SMILES string of the molecule is COc1cc(CC(C)C)nc(-c2nnc(-c3cc(C)c(OC[C@@H](O)CO)c(C)c3)o2)c1. The number of benzene rings is 1. The Hall–Kier alpha value is -2.97. The van der Waals surface area contributed by atoms with Gasteiger partial charge in [0.2, 0.25) is 5.89 Å². The van der Waals surface area contributed by atoms with Crippen molar-refractivity contribution in [3.63, 3.8) is 0 Å². The van der Waals surface area contributed by atoms with E-state index in [4.69, 9.17) is 19.0 Å². The smallest absolute Gasteiger partial charge is 0.266 e. The molecule has 0 bridgehead atoms. The molecule has 8 nitrogen and oxygen atoms in total. The number of ether oxygens (including phenoxy) is 2. The minimum absolute atomic E-state index is 0.0163. The van der Waals surface area contributed by atoms with Crippen LogP contribution in [0, 0.1) is 19.8 Å². The summed E-state index contributed by atoms with van der Waals surface area (Å²) in [5.74, 6) is 2.50. The van der Waals surface area contributed by atoms with Gasteiger partial charge in [-0.1, -0.05) is 13.8 Å². The van der Waals surface area contributed by atoms with Crippen LogP contribution >= 0.6 is 0 Å². The van der Waals surface area contributed by atoms with Gasteiger partial charge >= 0.3 is 0 Å². The Balaban J connectivity index is 1.89. The summed E-state index contributed by atoms with van der Waals surface area (Å²) in [6.07, 6.45) is -0.108. The highest BCUT2D eigenvalue weighted by Crippen LogP contribution is 2.31. The molecule has 0 fully saturated rings. The van der Waals surface area contributed by atoms with Crippen molar-refractivity contribution in [1.29, 1.82) is 0 Å². The first-order chi connectivity index (χ1) is 14.8. The lowest BCUT2D eigenvalue weighted by Crippen LogP contribution is -2.21. The number of pyridine rings is 1. The predicted molar refractivity (Wildman–Crippen MR) is 116 cm³/mol. The van der Waals surface area contributed by atoms with Gasteiger partial charge in [-0.15, -0.1) is 10.2 Å². The second-order valence-corrected chi connectivity index (χ2v) is 7.98. The first-order valence-corrected chi connectivity index (χ1v) is 10.2. The third-order valence-electron chi connectivity index (χ3n) is 4.69. The summed E-state index contributed by atoms with van der Waals surface area (Å²) in [6, 6.07) is 7.46. The molecule has 8 heteroatoms. The summed E-state index contributed by atoms with van der Waals surface area (Å²) < 4.78 is 17.0. The molecule has 0 spiro atoms. The number of aliphatic hydroxyl groups is 2. The minimum Gasteiger partial charge on any atom is -0.497 e. The Labute approximate surface area is 181 Å². The van der Waals surface area contributed by atoms with E-state index in [-0.39, 0.29) is 13.2 Å². The van der Waals surface area contributed by atoms with E-state index in [9.17, 15) is 5.11 Å². The van der Waals surface area contributed by atoms with Gasteiger partial charge in [0.1, 0.15) is 29.9 Å². The maximum Gasteiger partial charge on any atom is 0.266 e. The van der Waals surface area contributed by atoms with Crippen LogP contribution in [0.3, 0.4) is 0 Å². The summed E-state index contributed by atoms with van der Waals surface area (Å²) in [7, 11) is 1.62. The van der Waals surface area contributed by atoms with Crippen molar-refractivity contribution in [3.05, 3.63) is 41.1 Å². The average Bonchev–Trinajstić information content (AvgIpc) is 3.22. The van der Waals surface area contributed by atoms with Crippen LogP contribution in [0.1, 0.15) is 30.7 Å². The zero-order valence-corrected chi connectivity index (χ0v) is 18.5. The second-order valence-electron chi connectivity index (χ2n) is 7.98. The van der Waals surface area contributed by atoms with E-state index in [1.165, 1.54) is 0 Å². The number of aryl methyl sites for hydroxylation is 2. The van der Waals surface area contributed by atoms with E-state index < -0.39 is 6.10 Å². The Morgan fingerprint density at radius 3 is 2.32 bits per heavy atom. The van der Waals surface area contributed by atoms with E-state index in [1.54, 1.807) is 13.2 Å². The molecule has 0 amide bonds. The lowest BCUT2D eigenvalue weighted by molar-refractivity contribution is 0.0532. The standard InChI is InChI=1S/C23H29N3O5/c1-13(2)6-17-9-19(29-5)10-20(24-17)23-26-25-22(31-23)16-7-14(3)21(15(4)8-16)30-12-18(28)11-27/h7-10,13,18,27-28H,6,11-12H2,1-5H3/t18-/m0/s1. The zero-order chi connectivity index (χ0) is 22.5. The monoisotopic (exact) mass is 427 g/mol. The molecular formula is C23H29N3O5. The largest absolute Gasteiger partial charge is 0.497 e. The highest BCUT2D eigenvalue weighted by Gasteiger charge is 2.17. The molecule has 3 rings (SSSR count). The Kier molecular flexibility index (Phi) is 7.25. The van der Waals surface area contributed by atoms with Crippen molar-refractivity contribution in [2.75, 3.05) is 20.3 Å². The van der Waals surface area contributed by atoms with Gasteiger partial charge < -0.3 is 24.1 Å². The van der Waals surface area contributed by atoms with Gasteiger partial charge in [-0.2, -0.15) is 0 Å². The zero-order valence-electron chi connectivity index (χ0n) is 18.5. The normalized spacial score (nSPS) is 12.3. The summed E-state index contributed by atoms with van der Waals surface area (Å²) in [4.78, 5) is 4.66. The van der Waals surface area contributed by atoms with Crippen molar-refractivity contribution in [1.82, 2.24) is 15.2 Å². The topological polar surface area (TPSA) is 111 Å². The third kappa shape index (κ3) is 5.59. The molecule has 1 aromatic carbocycles. The second kappa shape index (κ2) is 9.89. The molecule has 3 aromatic rings. The van der Waals surface area contributed by atoms with Crippen molar-refractivity contribution in [3.8, 4) is 34.5 Å².